The van der Waals surface area contributed by atoms with Gasteiger partial charge in [0.1, 0.15) is 5.00 Å². The molecule has 36 heavy (non-hydrogen) atoms. The van der Waals surface area contributed by atoms with E-state index in [4.69, 9.17) is 9.72 Å². The van der Waals surface area contributed by atoms with Crippen LogP contribution in [0.2, 0.25) is 0 Å². The maximum Gasteiger partial charge on any atom is 0.341 e. The van der Waals surface area contributed by atoms with Gasteiger partial charge in [-0.25, -0.2) is 9.78 Å². The van der Waals surface area contributed by atoms with Gasteiger partial charge in [-0.3, -0.25) is 4.79 Å². The number of rotatable bonds is 5. The van der Waals surface area contributed by atoms with Crippen molar-refractivity contribution in [2.75, 3.05) is 5.32 Å². The standard InChI is InChI=1S/C29H27BrN2O3S/c1-16(2)35-29(34)26-21-13-8-17(3)14-25(21)36-28(26)32-27(33)22-15-24(18-9-11-19(30)12-10-18)31-23-7-5-4-6-20(22)23/h4-7,9-12,15-17H,8,13-14H2,1-3H3,(H,32,33)/t17-/m1/s1. The first-order valence-corrected chi connectivity index (χ1v) is 13.7. The van der Waals surface area contributed by atoms with E-state index in [0.29, 0.717) is 27.7 Å². The zero-order valence-electron chi connectivity index (χ0n) is 20.4. The number of carbonyl (C=O) groups excluding carboxylic acids is 2. The number of anilines is 1. The average molecular weight is 564 g/mol. The lowest BCUT2D eigenvalue weighted by atomic mass is 9.88. The zero-order chi connectivity index (χ0) is 25.4. The summed E-state index contributed by atoms with van der Waals surface area (Å²) in [6, 6.07) is 17.3. The molecular weight excluding hydrogens is 536 g/mol. The largest absolute Gasteiger partial charge is 0.459 e. The fourth-order valence-corrected chi connectivity index (χ4v) is 6.29. The van der Waals surface area contributed by atoms with Crippen molar-refractivity contribution in [3.63, 3.8) is 0 Å². The average Bonchev–Trinajstić information content (AvgIpc) is 3.20. The maximum atomic E-state index is 13.7. The monoisotopic (exact) mass is 562 g/mol. The Kier molecular flexibility index (Phi) is 6.95. The van der Waals surface area contributed by atoms with Crippen LogP contribution < -0.4 is 5.32 Å². The zero-order valence-corrected chi connectivity index (χ0v) is 22.8. The molecule has 2 heterocycles. The predicted molar refractivity (Wildman–Crippen MR) is 149 cm³/mol. The van der Waals surface area contributed by atoms with E-state index in [2.05, 4.69) is 28.2 Å². The van der Waals surface area contributed by atoms with Crippen LogP contribution in [0.1, 0.15) is 58.3 Å². The lowest BCUT2D eigenvalue weighted by Crippen LogP contribution is -2.19. The molecule has 0 bridgehead atoms. The van der Waals surface area contributed by atoms with Crippen molar-refractivity contribution in [2.24, 2.45) is 5.92 Å². The smallest absolute Gasteiger partial charge is 0.341 e. The van der Waals surface area contributed by atoms with Gasteiger partial charge in [-0.1, -0.05) is 53.2 Å². The molecule has 0 radical (unpaired) electrons. The van der Waals surface area contributed by atoms with Crippen LogP contribution in [0.25, 0.3) is 22.2 Å². The van der Waals surface area contributed by atoms with Gasteiger partial charge in [-0.2, -0.15) is 0 Å². The summed E-state index contributed by atoms with van der Waals surface area (Å²) >= 11 is 4.97. The molecule has 0 saturated carbocycles. The highest BCUT2D eigenvalue weighted by atomic mass is 79.9. The number of aromatic nitrogens is 1. The molecule has 0 spiro atoms. The number of carbonyl (C=O) groups is 2. The van der Waals surface area contributed by atoms with Crippen molar-refractivity contribution in [2.45, 2.75) is 46.1 Å². The number of thiophene rings is 1. The molecule has 0 saturated heterocycles. The number of benzene rings is 2. The normalized spacial score (nSPS) is 15.1. The number of nitrogens with one attached hydrogen (secondary N) is 1. The van der Waals surface area contributed by atoms with E-state index >= 15 is 0 Å². The second-order valence-electron chi connectivity index (χ2n) is 9.54. The third kappa shape index (κ3) is 4.95. The van der Waals surface area contributed by atoms with Crippen LogP contribution in [0.5, 0.6) is 0 Å². The Morgan fingerprint density at radius 3 is 2.64 bits per heavy atom. The molecule has 4 aromatic rings. The second-order valence-corrected chi connectivity index (χ2v) is 11.6. The Morgan fingerprint density at radius 2 is 1.89 bits per heavy atom. The van der Waals surface area contributed by atoms with Gasteiger partial charge in [0, 0.05) is 20.3 Å². The molecule has 1 amide bonds. The summed E-state index contributed by atoms with van der Waals surface area (Å²) in [4.78, 5) is 32.8. The maximum absolute atomic E-state index is 13.7. The van der Waals surface area contributed by atoms with Gasteiger partial charge in [0.2, 0.25) is 0 Å². The minimum Gasteiger partial charge on any atom is -0.459 e. The number of para-hydroxylation sites is 1. The SMILES string of the molecule is CC(C)OC(=O)c1c(NC(=O)c2cc(-c3ccc(Br)cc3)nc3ccccc23)sc2c1CC[C@@H](C)C2. The van der Waals surface area contributed by atoms with E-state index in [1.165, 1.54) is 11.3 Å². The molecule has 2 aromatic heterocycles. The lowest BCUT2D eigenvalue weighted by molar-refractivity contribution is 0.0378. The summed E-state index contributed by atoms with van der Waals surface area (Å²) in [6.07, 6.45) is 2.50. The van der Waals surface area contributed by atoms with Crippen LogP contribution in [0.3, 0.4) is 0 Å². The number of hydrogen-bond acceptors (Lipinski definition) is 5. The summed E-state index contributed by atoms with van der Waals surface area (Å²) in [5.41, 5.74) is 4.41. The van der Waals surface area contributed by atoms with Crippen molar-refractivity contribution in [3.05, 3.63) is 80.6 Å². The summed E-state index contributed by atoms with van der Waals surface area (Å²) < 4.78 is 6.55. The summed E-state index contributed by atoms with van der Waals surface area (Å²) in [5.74, 6) is -0.0917. The lowest BCUT2D eigenvalue weighted by Gasteiger charge is -2.19. The highest BCUT2D eigenvalue weighted by molar-refractivity contribution is 9.10. The van der Waals surface area contributed by atoms with Crippen LogP contribution in [-0.2, 0) is 17.6 Å². The van der Waals surface area contributed by atoms with Crippen LogP contribution in [-0.4, -0.2) is 23.0 Å². The number of ether oxygens (including phenoxy) is 1. The summed E-state index contributed by atoms with van der Waals surface area (Å²) in [5, 5.41) is 4.40. The molecule has 1 atom stereocenters. The molecule has 7 heteroatoms. The van der Waals surface area contributed by atoms with E-state index < -0.39 is 0 Å². The highest BCUT2D eigenvalue weighted by Gasteiger charge is 2.30. The minimum absolute atomic E-state index is 0.239. The van der Waals surface area contributed by atoms with E-state index in [9.17, 15) is 9.59 Å². The molecule has 184 valence electrons. The number of nitrogens with zero attached hydrogens (tertiary/aromatic N) is 1. The van der Waals surface area contributed by atoms with Crippen molar-refractivity contribution in [1.29, 1.82) is 0 Å². The summed E-state index contributed by atoms with van der Waals surface area (Å²) in [6.45, 7) is 5.90. The molecule has 1 aliphatic carbocycles. The Bertz CT molecular complexity index is 1460. The number of hydrogen-bond donors (Lipinski definition) is 1. The Hall–Kier alpha value is -3.03. The fourth-order valence-electron chi connectivity index (χ4n) is 4.63. The molecule has 1 N–H and O–H groups in total. The molecule has 5 rings (SSSR count). The number of fused-ring (bicyclic) bond motifs is 2. The minimum atomic E-state index is -0.373. The van der Waals surface area contributed by atoms with Crippen LogP contribution in [0.4, 0.5) is 5.00 Å². The van der Waals surface area contributed by atoms with E-state index in [-0.39, 0.29) is 18.0 Å². The fraction of sp³-hybridized carbons (Fsp3) is 0.276. The van der Waals surface area contributed by atoms with Crippen molar-refractivity contribution in [1.82, 2.24) is 4.98 Å². The van der Waals surface area contributed by atoms with Crippen LogP contribution >= 0.6 is 27.3 Å². The van der Waals surface area contributed by atoms with Gasteiger partial charge in [0.25, 0.3) is 5.91 Å². The molecule has 2 aromatic carbocycles. The number of halogens is 1. The predicted octanol–water partition coefficient (Wildman–Crippen LogP) is 7.67. The molecular formula is C29H27BrN2O3S. The second kappa shape index (κ2) is 10.1. The quantitative estimate of drug-likeness (QED) is 0.253. The van der Waals surface area contributed by atoms with Gasteiger partial charge in [0.05, 0.1) is 28.4 Å². The van der Waals surface area contributed by atoms with Crippen LogP contribution in [0.15, 0.2) is 59.1 Å². The van der Waals surface area contributed by atoms with Gasteiger partial charge in [-0.05, 0) is 68.9 Å². The number of amides is 1. The Morgan fingerprint density at radius 1 is 1.14 bits per heavy atom. The summed E-state index contributed by atoms with van der Waals surface area (Å²) in [7, 11) is 0. The molecule has 0 aliphatic heterocycles. The number of pyridine rings is 1. The first kappa shape index (κ1) is 24.7. The van der Waals surface area contributed by atoms with Crippen molar-refractivity contribution >= 4 is 55.0 Å². The topological polar surface area (TPSA) is 68.3 Å². The van der Waals surface area contributed by atoms with Gasteiger partial charge >= 0.3 is 5.97 Å². The first-order chi connectivity index (χ1) is 17.3. The van der Waals surface area contributed by atoms with Crippen molar-refractivity contribution < 1.29 is 14.3 Å². The van der Waals surface area contributed by atoms with E-state index in [1.54, 1.807) is 0 Å². The van der Waals surface area contributed by atoms with Crippen LogP contribution in [0, 0.1) is 5.92 Å². The molecule has 1 aliphatic rings. The van der Waals surface area contributed by atoms with E-state index in [0.717, 1.165) is 50.6 Å². The van der Waals surface area contributed by atoms with Gasteiger partial charge in [-0.15, -0.1) is 11.3 Å². The highest BCUT2D eigenvalue weighted by Crippen LogP contribution is 2.40. The van der Waals surface area contributed by atoms with Crippen molar-refractivity contribution in [3.8, 4) is 11.3 Å². The molecule has 0 fully saturated rings. The Labute approximate surface area is 223 Å². The third-order valence-corrected chi connectivity index (χ3v) is 8.08. The third-order valence-electron chi connectivity index (χ3n) is 6.39. The first-order valence-electron chi connectivity index (χ1n) is 12.1. The van der Waals surface area contributed by atoms with Gasteiger partial charge in [0.15, 0.2) is 0 Å². The number of esters is 1. The Balaban J connectivity index is 1.57. The molecule has 5 nitrogen and oxygen atoms in total. The van der Waals surface area contributed by atoms with E-state index in [1.807, 2.05) is 68.4 Å². The molecule has 0 unspecified atom stereocenters. The van der Waals surface area contributed by atoms with Gasteiger partial charge < -0.3 is 10.1 Å².